The number of carbonyl (C=O) groups is 1. The molecule has 2 heterocycles. The minimum atomic E-state index is -4.38. The lowest BCUT2D eigenvalue weighted by Gasteiger charge is -2.37. The van der Waals surface area contributed by atoms with E-state index in [-0.39, 0.29) is 18.2 Å². The van der Waals surface area contributed by atoms with E-state index in [2.05, 4.69) is 4.98 Å². The first-order valence-electron chi connectivity index (χ1n) is 12.2. The number of nitrogens with zero attached hydrogens (tertiary/aromatic N) is 2. The number of amides is 1. The number of aromatic nitrogens is 1. The highest BCUT2D eigenvalue weighted by Crippen LogP contribution is 2.36. The van der Waals surface area contributed by atoms with Crippen molar-refractivity contribution in [2.45, 2.75) is 18.5 Å². The summed E-state index contributed by atoms with van der Waals surface area (Å²) in [6.45, 7) is 1.86. The van der Waals surface area contributed by atoms with Crippen LogP contribution >= 0.6 is 0 Å². The zero-order valence-corrected chi connectivity index (χ0v) is 20.5. The molecule has 5 nitrogen and oxygen atoms in total. The largest absolute Gasteiger partial charge is 0.497 e. The fraction of sp³-hybridized carbons (Fsp3) is 0.276. The van der Waals surface area contributed by atoms with Crippen LogP contribution in [0.15, 0.2) is 79.0 Å². The van der Waals surface area contributed by atoms with Crippen LogP contribution in [0.3, 0.4) is 0 Å². The van der Waals surface area contributed by atoms with Gasteiger partial charge in [0.2, 0.25) is 5.91 Å². The van der Waals surface area contributed by atoms with Crippen molar-refractivity contribution in [1.82, 2.24) is 9.88 Å². The maximum Gasteiger partial charge on any atom is 0.416 e. The van der Waals surface area contributed by atoms with Gasteiger partial charge in [0, 0.05) is 61.3 Å². The summed E-state index contributed by atoms with van der Waals surface area (Å²) in [6, 6.07) is 21.1. The van der Waals surface area contributed by atoms with Crippen LogP contribution < -0.4 is 9.64 Å². The third-order valence-electron chi connectivity index (χ3n) is 7.04. The highest BCUT2D eigenvalue weighted by Gasteiger charge is 2.32. The second-order valence-electron chi connectivity index (χ2n) is 9.24. The summed E-state index contributed by atoms with van der Waals surface area (Å²) in [5.41, 5.74) is 2.89. The van der Waals surface area contributed by atoms with Gasteiger partial charge in [-0.3, -0.25) is 4.79 Å². The number of carbonyl (C=O) groups excluding carboxylic acids is 1. The first kappa shape index (κ1) is 24.7. The molecule has 1 amide bonds. The van der Waals surface area contributed by atoms with Crippen LogP contribution in [0.25, 0.3) is 10.9 Å². The topological polar surface area (TPSA) is 48.6 Å². The molecule has 1 N–H and O–H groups in total. The number of methoxy groups -OCH3 is 1. The molecule has 0 unspecified atom stereocenters. The predicted molar refractivity (Wildman–Crippen MR) is 138 cm³/mol. The Morgan fingerprint density at radius 2 is 1.73 bits per heavy atom. The van der Waals surface area contributed by atoms with Crippen molar-refractivity contribution >= 4 is 22.5 Å². The first-order chi connectivity index (χ1) is 17.8. The fourth-order valence-corrected chi connectivity index (χ4v) is 5.04. The molecule has 5 rings (SSSR count). The molecule has 192 valence electrons. The molecule has 37 heavy (non-hydrogen) atoms. The number of H-pyrrole nitrogens is 1. The first-order valence-corrected chi connectivity index (χ1v) is 12.2. The summed E-state index contributed by atoms with van der Waals surface area (Å²) in [7, 11) is 1.62. The zero-order chi connectivity index (χ0) is 26.0. The van der Waals surface area contributed by atoms with Crippen molar-refractivity contribution in [3.63, 3.8) is 0 Å². The van der Waals surface area contributed by atoms with Crippen LogP contribution in [0.5, 0.6) is 5.75 Å². The van der Waals surface area contributed by atoms with E-state index in [0.29, 0.717) is 31.9 Å². The lowest BCUT2D eigenvalue weighted by atomic mass is 9.87. The zero-order valence-electron chi connectivity index (χ0n) is 20.5. The number of piperazine rings is 1. The summed E-state index contributed by atoms with van der Waals surface area (Å²) >= 11 is 0. The van der Waals surface area contributed by atoms with Crippen LogP contribution in [0.2, 0.25) is 0 Å². The van der Waals surface area contributed by atoms with E-state index < -0.39 is 11.7 Å². The molecular weight excluding hydrogens is 479 g/mol. The van der Waals surface area contributed by atoms with Gasteiger partial charge >= 0.3 is 6.18 Å². The lowest BCUT2D eigenvalue weighted by molar-refractivity contribution is -0.137. The molecule has 4 aromatic rings. The van der Waals surface area contributed by atoms with Crippen molar-refractivity contribution in [3.8, 4) is 5.75 Å². The predicted octanol–water partition coefficient (Wildman–Crippen LogP) is 6.07. The van der Waals surface area contributed by atoms with Crippen LogP contribution in [-0.4, -0.2) is 49.1 Å². The van der Waals surface area contributed by atoms with Crippen molar-refractivity contribution in [2.24, 2.45) is 0 Å². The SMILES string of the molecule is COc1cccc([C@H](CC(=O)N2CCN(c3cccc(C(F)(F)F)c3)CC2)c2c[nH]c3ccccc23)c1. The standard InChI is InChI=1S/C29H28F3N3O2/c1-37-23-9-4-6-20(16-23)25(26-19-33-27-11-3-2-10-24(26)27)18-28(36)35-14-12-34(13-15-35)22-8-5-7-21(17-22)29(30,31)32/h2-11,16-17,19,25,33H,12-15,18H2,1H3/t25-/m0/s1. The van der Waals surface area contributed by atoms with Crippen molar-refractivity contribution in [3.05, 3.63) is 95.7 Å². The van der Waals surface area contributed by atoms with Gasteiger partial charge in [0.05, 0.1) is 12.7 Å². The molecule has 0 bridgehead atoms. The Hall–Kier alpha value is -3.94. The van der Waals surface area contributed by atoms with Gasteiger partial charge in [0.25, 0.3) is 0 Å². The third kappa shape index (κ3) is 5.28. The second kappa shape index (κ2) is 10.2. The normalized spacial score (nSPS) is 15.1. The number of aromatic amines is 1. The van der Waals surface area contributed by atoms with Crippen molar-refractivity contribution < 1.29 is 22.7 Å². The molecule has 3 aromatic carbocycles. The van der Waals surface area contributed by atoms with E-state index in [1.807, 2.05) is 64.5 Å². The maximum absolute atomic E-state index is 13.5. The Bertz CT molecular complexity index is 1390. The van der Waals surface area contributed by atoms with Crippen molar-refractivity contribution in [1.29, 1.82) is 0 Å². The number of hydrogen-bond donors (Lipinski definition) is 1. The Labute approximate surface area is 213 Å². The molecule has 0 aliphatic carbocycles. The maximum atomic E-state index is 13.5. The van der Waals surface area contributed by atoms with Crippen LogP contribution in [0.4, 0.5) is 18.9 Å². The number of nitrogens with one attached hydrogen (secondary N) is 1. The number of fused-ring (bicyclic) bond motifs is 1. The smallest absolute Gasteiger partial charge is 0.416 e. The Balaban J connectivity index is 1.34. The minimum absolute atomic E-state index is 0.0155. The molecule has 1 atom stereocenters. The monoisotopic (exact) mass is 507 g/mol. The number of hydrogen-bond acceptors (Lipinski definition) is 3. The average molecular weight is 508 g/mol. The second-order valence-corrected chi connectivity index (χ2v) is 9.24. The van der Waals surface area contributed by atoms with Gasteiger partial charge in [0.1, 0.15) is 5.75 Å². The number of benzene rings is 3. The van der Waals surface area contributed by atoms with E-state index in [1.54, 1.807) is 13.2 Å². The fourth-order valence-electron chi connectivity index (χ4n) is 5.04. The lowest BCUT2D eigenvalue weighted by Crippen LogP contribution is -2.49. The number of para-hydroxylation sites is 1. The van der Waals surface area contributed by atoms with E-state index >= 15 is 0 Å². The Morgan fingerprint density at radius 3 is 2.49 bits per heavy atom. The molecule has 1 aromatic heterocycles. The van der Waals surface area contributed by atoms with Crippen LogP contribution in [0, 0.1) is 0 Å². The molecule has 0 spiro atoms. The summed E-state index contributed by atoms with van der Waals surface area (Å²) in [5.74, 6) is 0.562. The molecule has 1 aliphatic rings. The Kier molecular flexibility index (Phi) is 6.82. The third-order valence-corrected chi connectivity index (χ3v) is 7.04. The van der Waals surface area contributed by atoms with Gasteiger partial charge in [-0.2, -0.15) is 13.2 Å². The summed E-state index contributed by atoms with van der Waals surface area (Å²) in [6.07, 6.45) is -2.14. The van der Waals surface area contributed by atoms with Gasteiger partial charge in [-0.1, -0.05) is 36.4 Å². The molecule has 1 fully saturated rings. The molecular formula is C29H28F3N3O2. The van der Waals surface area contributed by atoms with Crippen LogP contribution in [-0.2, 0) is 11.0 Å². The summed E-state index contributed by atoms with van der Waals surface area (Å²) in [4.78, 5) is 20.5. The summed E-state index contributed by atoms with van der Waals surface area (Å²) < 4.78 is 44.9. The number of halogens is 3. The number of ether oxygens (including phenoxy) is 1. The van der Waals surface area contributed by atoms with E-state index in [0.717, 1.165) is 33.8 Å². The van der Waals surface area contributed by atoms with Gasteiger partial charge in [0.15, 0.2) is 0 Å². The van der Waals surface area contributed by atoms with Gasteiger partial charge in [-0.05, 0) is 47.5 Å². The van der Waals surface area contributed by atoms with Crippen molar-refractivity contribution in [2.75, 3.05) is 38.2 Å². The molecule has 1 saturated heterocycles. The number of rotatable bonds is 6. The molecule has 1 aliphatic heterocycles. The highest BCUT2D eigenvalue weighted by molar-refractivity contribution is 5.86. The number of anilines is 1. The van der Waals surface area contributed by atoms with Crippen LogP contribution in [0.1, 0.15) is 29.0 Å². The molecule has 0 radical (unpaired) electrons. The van der Waals surface area contributed by atoms with Gasteiger partial charge in [-0.15, -0.1) is 0 Å². The van der Waals surface area contributed by atoms with E-state index in [1.165, 1.54) is 12.1 Å². The Morgan fingerprint density at radius 1 is 0.973 bits per heavy atom. The highest BCUT2D eigenvalue weighted by atomic mass is 19.4. The quantitative estimate of drug-likeness (QED) is 0.345. The molecule has 0 saturated carbocycles. The number of alkyl halides is 3. The minimum Gasteiger partial charge on any atom is -0.497 e. The van der Waals surface area contributed by atoms with Gasteiger partial charge < -0.3 is 19.5 Å². The van der Waals surface area contributed by atoms with E-state index in [4.69, 9.17) is 4.74 Å². The summed E-state index contributed by atoms with van der Waals surface area (Å²) in [5, 5.41) is 1.07. The van der Waals surface area contributed by atoms with E-state index in [9.17, 15) is 18.0 Å². The van der Waals surface area contributed by atoms with Gasteiger partial charge in [-0.25, -0.2) is 0 Å². The average Bonchev–Trinajstić information content (AvgIpc) is 3.35. The molecule has 8 heteroatoms.